The van der Waals surface area contributed by atoms with Crippen LogP contribution in [0.4, 0.5) is 4.39 Å². The van der Waals surface area contributed by atoms with Gasteiger partial charge in [0.15, 0.2) is 11.7 Å². The van der Waals surface area contributed by atoms with E-state index in [0.717, 1.165) is 0 Å². The Morgan fingerprint density at radius 2 is 2.18 bits per heavy atom. The van der Waals surface area contributed by atoms with Crippen LogP contribution in [-0.4, -0.2) is 37.4 Å². The average molecular weight is 394 g/mol. The molecule has 122 valence electrons. The number of nitrogens with one attached hydrogen (secondary N) is 3. The van der Waals surface area contributed by atoms with Crippen molar-refractivity contribution in [2.45, 2.75) is 13.0 Å². The summed E-state index contributed by atoms with van der Waals surface area (Å²) in [6.45, 7) is 2.12. The number of methoxy groups -OCH3 is 1. The van der Waals surface area contributed by atoms with Gasteiger partial charge in [0.05, 0.1) is 11.1 Å². The normalized spacial score (nSPS) is 11.5. The number of amides is 1. The van der Waals surface area contributed by atoms with Crippen molar-refractivity contribution in [2.75, 3.05) is 20.3 Å². The zero-order valence-electron chi connectivity index (χ0n) is 12.1. The second-order valence-corrected chi connectivity index (χ2v) is 5.63. The molecule has 1 rings (SSSR count). The topological polar surface area (TPSA) is 71.6 Å². The lowest BCUT2D eigenvalue weighted by Gasteiger charge is -2.16. The maximum atomic E-state index is 12.9. The number of benzene rings is 1. The van der Waals surface area contributed by atoms with Crippen LogP contribution in [0.1, 0.15) is 6.92 Å². The maximum absolute atomic E-state index is 12.9. The van der Waals surface area contributed by atoms with Crippen LogP contribution in [0.3, 0.4) is 0 Å². The molecule has 0 fully saturated rings. The van der Waals surface area contributed by atoms with Gasteiger partial charge in [-0.1, -0.05) is 0 Å². The third kappa shape index (κ3) is 7.01. The Morgan fingerprint density at radius 3 is 2.82 bits per heavy atom. The van der Waals surface area contributed by atoms with Crippen LogP contribution in [0.25, 0.3) is 0 Å². The third-order valence-electron chi connectivity index (χ3n) is 2.36. The summed E-state index contributed by atoms with van der Waals surface area (Å²) in [5, 5.41) is 3.18. The Balaban J connectivity index is 2.30. The highest BCUT2D eigenvalue weighted by Gasteiger charge is 2.08. The summed E-state index contributed by atoms with van der Waals surface area (Å²) >= 11 is 8.14. The lowest BCUT2D eigenvalue weighted by atomic mass is 10.3. The molecule has 22 heavy (non-hydrogen) atoms. The van der Waals surface area contributed by atoms with Crippen molar-refractivity contribution >= 4 is 39.2 Å². The van der Waals surface area contributed by atoms with Crippen molar-refractivity contribution in [2.24, 2.45) is 0 Å². The highest BCUT2D eigenvalue weighted by Crippen LogP contribution is 2.25. The quantitative estimate of drug-likeness (QED) is 0.502. The Morgan fingerprint density at radius 1 is 1.45 bits per heavy atom. The summed E-state index contributed by atoms with van der Waals surface area (Å²) in [6.07, 6.45) is 0. The fourth-order valence-corrected chi connectivity index (χ4v) is 2.17. The standard InChI is InChI=1S/C13H17BrFN3O3S/c1-8(6-20-2)16-13(22)18-17-12(19)7-21-11-4-3-9(15)5-10(11)14/h3-5,8H,6-7H2,1-2H3,(H,17,19)(H2,16,18,22)/t8-/m1/s1. The Bertz CT molecular complexity index is 533. The molecule has 0 unspecified atom stereocenters. The van der Waals surface area contributed by atoms with Gasteiger partial charge in [-0.25, -0.2) is 4.39 Å². The number of hydrogen-bond acceptors (Lipinski definition) is 4. The van der Waals surface area contributed by atoms with Gasteiger partial charge in [0.25, 0.3) is 5.91 Å². The molecule has 0 spiro atoms. The minimum absolute atomic E-state index is 0.00771. The fourth-order valence-electron chi connectivity index (χ4n) is 1.45. The lowest BCUT2D eigenvalue weighted by molar-refractivity contribution is -0.123. The minimum atomic E-state index is -0.431. The number of hydrazine groups is 1. The first-order valence-corrected chi connectivity index (χ1v) is 7.54. The molecule has 6 nitrogen and oxygen atoms in total. The number of halogens is 2. The maximum Gasteiger partial charge on any atom is 0.276 e. The van der Waals surface area contributed by atoms with Gasteiger partial charge in [-0.15, -0.1) is 0 Å². The van der Waals surface area contributed by atoms with Crippen molar-refractivity contribution < 1.29 is 18.7 Å². The van der Waals surface area contributed by atoms with Gasteiger partial charge in [-0.3, -0.25) is 15.6 Å². The van der Waals surface area contributed by atoms with E-state index in [1.165, 1.54) is 18.2 Å². The summed E-state index contributed by atoms with van der Waals surface area (Å²) < 4.78 is 23.5. The van der Waals surface area contributed by atoms with Crippen molar-refractivity contribution in [3.63, 3.8) is 0 Å². The third-order valence-corrected chi connectivity index (χ3v) is 3.20. The first-order valence-electron chi connectivity index (χ1n) is 6.34. The highest BCUT2D eigenvalue weighted by atomic mass is 79.9. The number of carbonyl (C=O) groups is 1. The molecule has 1 aromatic carbocycles. The lowest BCUT2D eigenvalue weighted by Crippen LogP contribution is -2.50. The molecular weight excluding hydrogens is 377 g/mol. The minimum Gasteiger partial charge on any atom is -0.483 e. The molecule has 3 N–H and O–H groups in total. The summed E-state index contributed by atoms with van der Waals surface area (Å²) in [4.78, 5) is 11.6. The zero-order chi connectivity index (χ0) is 16.5. The van der Waals surface area contributed by atoms with E-state index in [-0.39, 0.29) is 17.8 Å². The molecule has 0 aliphatic carbocycles. The first-order chi connectivity index (χ1) is 10.4. The number of carbonyl (C=O) groups excluding carboxylic acids is 1. The molecule has 1 atom stereocenters. The van der Waals surface area contributed by atoms with Crippen LogP contribution < -0.4 is 20.9 Å². The Kier molecular flexibility index (Phi) is 8.07. The van der Waals surface area contributed by atoms with Gasteiger partial charge >= 0.3 is 0 Å². The highest BCUT2D eigenvalue weighted by molar-refractivity contribution is 9.10. The van der Waals surface area contributed by atoms with Gasteiger partial charge in [-0.05, 0) is 53.3 Å². The predicted molar refractivity (Wildman–Crippen MR) is 87.9 cm³/mol. The predicted octanol–water partition coefficient (Wildman–Crippen LogP) is 1.50. The summed E-state index contributed by atoms with van der Waals surface area (Å²) in [5.74, 6) is -0.460. The molecule has 0 radical (unpaired) electrons. The van der Waals surface area contributed by atoms with Gasteiger partial charge in [0, 0.05) is 13.2 Å². The molecule has 9 heteroatoms. The monoisotopic (exact) mass is 393 g/mol. The second-order valence-electron chi connectivity index (χ2n) is 4.37. The van der Waals surface area contributed by atoms with E-state index in [0.29, 0.717) is 16.8 Å². The molecule has 0 saturated heterocycles. The van der Waals surface area contributed by atoms with Crippen LogP contribution in [0.2, 0.25) is 0 Å². The van der Waals surface area contributed by atoms with Crippen LogP contribution in [-0.2, 0) is 9.53 Å². The summed E-state index contributed by atoms with van der Waals surface area (Å²) in [6, 6.07) is 3.93. The largest absolute Gasteiger partial charge is 0.483 e. The van der Waals surface area contributed by atoms with Crippen molar-refractivity contribution in [1.29, 1.82) is 0 Å². The van der Waals surface area contributed by atoms with E-state index in [9.17, 15) is 9.18 Å². The van der Waals surface area contributed by atoms with Gasteiger partial charge in [-0.2, -0.15) is 0 Å². The SMILES string of the molecule is COC[C@@H](C)NC(=S)NNC(=O)COc1ccc(F)cc1Br. The molecule has 1 amide bonds. The molecule has 1 aromatic rings. The summed E-state index contributed by atoms with van der Waals surface area (Å²) in [5.41, 5.74) is 4.93. The molecule has 0 aromatic heterocycles. The van der Waals surface area contributed by atoms with Crippen LogP contribution in [0.5, 0.6) is 5.75 Å². The summed E-state index contributed by atoms with van der Waals surface area (Å²) in [7, 11) is 1.58. The Hall–Kier alpha value is -1.45. The molecule has 0 aliphatic heterocycles. The van der Waals surface area contributed by atoms with Gasteiger partial charge in [0.2, 0.25) is 0 Å². The molecule has 0 aliphatic rings. The number of hydrogen-bond donors (Lipinski definition) is 3. The molecule has 0 heterocycles. The van der Waals surface area contributed by atoms with E-state index in [4.69, 9.17) is 21.7 Å². The zero-order valence-corrected chi connectivity index (χ0v) is 14.5. The number of ether oxygens (including phenoxy) is 2. The van der Waals surface area contributed by atoms with E-state index < -0.39 is 11.7 Å². The van der Waals surface area contributed by atoms with Crippen LogP contribution in [0.15, 0.2) is 22.7 Å². The van der Waals surface area contributed by atoms with E-state index in [1.54, 1.807) is 7.11 Å². The number of rotatable bonds is 6. The smallest absolute Gasteiger partial charge is 0.276 e. The van der Waals surface area contributed by atoms with Crippen molar-refractivity contribution in [3.8, 4) is 5.75 Å². The van der Waals surface area contributed by atoms with Crippen LogP contribution >= 0.6 is 28.1 Å². The second kappa shape index (κ2) is 9.54. The average Bonchev–Trinajstić information content (AvgIpc) is 2.44. The van der Waals surface area contributed by atoms with E-state index in [2.05, 4.69) is 32.1 Å². The Labute approximate surface area is 141 Å². The fraction of sp³-hybridized carbons (Fsp3) is 0.385. The van der Waals surface area contributed by atoms with E-state index in [1.807, 2.05) is 6.92 Å². The first kappa shape index (κ1) is 18.6. The van der Waals surface area contributed by atoms with Gasteiger partial charge < -0.3 is 14.8 Å². The van der Waals surface area contributed by atoms with Gasteiger partial charge in [0.1, 0.15) is 11.6 Å². The van der Waals surface area contributed by atoms with E-state index >= 15 is 0 Å². The van der Waals surface area contributed by atoms with Crippen molar-refractivity contribution in [3.05, 3.63) is 28.5 Å². The van der Waals surface area contributed by atoms with Crippen molar-refractivity contribution in [1.82, 2.24) is 16.2 Å². The molecule has 0 saturated carbocycles. The molecular formula is C13H17BrFN3O3S. The molecule has 0 bridgehead atoms. The van der Waals surface area contributed by atoms with Crippen LogP contribution in [0, 0.1) is 5.82 Å². The number of thiocarbonyl (C=S) groups is 1.